The molecule has 8 nitrogen and oxygen atoms in total. The molecule has 0 aliphatic heterocycles. The number of hydroxylamine groups is 1. The second-order valence-corrected chi connectivity index (χ2v) is 9.01. The van der Waals surface area contributed by atoms with E-state index in [2.05, 4.69) is 22.9 Å². The number of hydrogen-bond acceptors (Lipinski definition) is 5. The Kier molecular flexibility index (Phi) is 7.17. The second kappa shape index (κ2) is 10.3. The molecule has 1 fully saturated rings. The first-order valence-corrected chi connectivity index (χ1v) is 11.7. The number of rotatable bonds is 10. The lowest BCUT2D eigenvalue weighted by atomic mass is 9.98. The normalized spacial score (nSPS) is 17.1. The summed E-state index contributed by atoms with van der Waals surface area (Å²) in [5, 5.41) is 11.9. The van der Waals surface area contributed by atoms with E-state index in [1.54, 1.807) is 0 Å². The smallest absolute Gasteiger partial charge is 0.407 e. The zero-order valence-electron chi connectivity index (χ0n) is 19.3. The van der Waals surface area contributed by atoms with Crippen molar-refractivity contribution in [1.29, 1.82) is 0 Å². The predicted octanol–water partition coefficient (Wildman–Crippen LogP) is 3.85. The molecular formula is C26H30N2O6. The highest BCUT2D eigenvalue weighted by molar-refractivity contribution is 5.85. The Bertz CT molecular complexity index is 1020. The van der Waals surface area contributed by atoms with Gasteiger partial charge in [0.25, 0.3) is 5.91 Å². The van der Waals surface area contributed by atoms with Crippen LogP contribution in [0.15, 0.2) is 48.5 Å². The Morgan fingerprint density at radius 1 is 1.03 bits per heavy atom. The molecule has 2 amide bonds. The number of carboxylic acid groups (broad SMARTS) is 1. The molecule has 8 heteroatoms. The van der Waals surface area contributed by atoms with Crippen LogP contribution in [0.4, 0.5) is 4.79 Å². The van der Waals surface area contributed by atoms with Gasteiger partial charge in [-0.05, 0) is 46.9 Å². The van der Waals surface area contributed by atoms with Gasteiger partial charge < -0.3 is 15.2 Å². The zero-order chi connectivity index (χ0) is 24.2. The lowest BCUT2D eigenvalue weighted by Crippen LogP contribution is -2.51. The number of hydrogen-bond donors (Lipinski definition) is 3. The van der Waals surface area contributed by atoms with Crippen molar-refractivity contribution in [2.75, 3.05) is 6.61 Å². The summed E-state index contributed by atoms with van der Waals surface area (Å²) in [7, 11) is 0. The first kappa shape index (κ1) is 23.8. The highest BCUT2D eigenvalue weighted by atomic mass is 16.7. The van der Waals surface area contributed by atoms with Gasteiger partial charge in [-0.25, -0.2) is 15.1 Å². The standard InChI is InChI=1S/C26H30N2O6/c1-3-15(2)22(24(29)28-34-23(25(30)31)16-12-13-16)27-26(32)33-14-21-19-10-6-4-8-17(19)18-9-5-7-11-20(18)21/h4-11,15-16,21-23H,3,12-14H2,1-2H3,(H,27,32)(H,28,29)(H,30,31). The van der Waals surface area contributed by atoms with Crippen LogP contribution in [0.1, 0.15) is 50.2 Å². The molecule has 1 saturated carbocycles. The van der Waals surface area contributed by atoms with E-state index in [0.29, 0.717) is 6.42 Å². The minimum atomic E-state index is -1.12. The molecule has 0 spiro atoms. The third-order valence-corrected chi connectivity index (χ3v) is 6.69. The fourth-order valence-electron chi connectivity index (χ4n) is 4.40. The number of alkyl carbamates (subject to hydrolysis) is 1. The Morgan fingerprint density at radius 3 is 2.15 bits per heavy atom. The van der Waals surface area contributed by atoms with Gasteiger partial charge in [-0.3, -0.25) is 9.63 Å². The summed E-state index contributed by atoms with van der Waals surface area (Å²) in [6.45, 7) is 3.85. The fraction of sp³-hybridized carbons (Fsp3) is 0.423. The van der Waals surface area contributed by atoms with Crippen molar-refractivity contribution < 1.29 is 29.1 Å². The molecule has 34 heavy (non-hydrogen) atoms. The van der Waals surface area contributed by atoms with Crippen molar-refractivity contribution in [3.05, 3.63) is 59.7 Å². The number of ether oxygens (including phenoxy) is 1. The van der Waals surface area contributed by atoms with Gasteiger partial charge in [0.1, 0.15) is 12.6 Å². The van der Waals surface area contributed by atoms with Crippen molar-refractivity contribution in [2.45, 2.75) is 51.2 Å². The van der Waals surface area contributed by atoms with E-state index in [-0.39, 0.29) is 24.4 Å². The third-order valence-electron chi connectivity index (χ3n) is 6.69. The van der Waals surface area contributed by atoms with Crippen molar-refractivity contribution in [2.24, 2.45) is 11.8 Å². The molecule has 2 aromatic carbocycles. The number of carboxylic acids is 1. The highest BCUT2D eigenvalue weighted by Gasteiger charge is 2.39. The van der Waals surface area contributed by atoms with Gasteiger partial charge in [0, 0.05) is 5.92 Å². The summed E-state index contributed by atoms with van der Waals surface area (Å²) in [6, 6.07) is 15.2. The van der Waals surface area contributed by atoms with E-state index >= 15 is 0 Å². The van der Waals surface area contributed by atoms with Gasteiger partial charge in [0.2, 0.25) is 0 Å². The first-order valence-electron chi connectivity index (χ1n) is 11.7. The quantitative estimate of drug-likeness (QED) is 0.458. The molecule has 3 atom stereocenters. The third kappa shape index (κ3) is 5.07. The Morgan fingerprint density at radius 2 is 1.62 bits per heavy atom. The van der Waals surface area contributed by atoms with Crippen LogP contribution in [0.5, 0.6) is 0 Å². The van der Waals surface area contributed by atoms with Crippen LogP contribution < -0.4 is 10.8 Å². The van der Waals surface area contributed by atoms with Crippen molar-refractivity contribution in [3.8, 4) is 11.1 Å². The largest absolute Gasteiger partial charge is 0.479 e. The highest BCUT2D eigenvalue weighted by Crippen LogP contribution is 2.44. The molecule has 0 aromatic heterocycles. The summed E-state index contributed by atoms with van der Waals surface area (Å²) in [6.07, 6.45) is 0.321. The Labute approximate surface area is 198 Å². The second-order valence-electron chi connectivity index (χ2n) is 9.01. The van der Waals surface area contributed by atoms with E-state index in [9.17, 15) is 19.5 Å². The molecule has 0 saturated heterocycles. The summed E-state index contributed by atoms with van der Waals surface area (Å²) in [4.78, 5) is 41.9. The van der Waals surface area contributed by atoms with Crippen LogP contribution >= 0.6 is 0 Å². The number of aliphatic carboxylic acids is 1. The van der Waals surface area contributed by atoms with Crippen molar-refractivity contribution in [1.82, 2.24) is 10.8 Å². The minimum Gasteiger partial charge on any atom is -0.479 e. The van der Waals surface area contributed by atoms with Crippen LogP contribution in [0.2, 0.25) is 0 Å². The number of fused-ring (bicyclic) bond motifs is 3. The molecule has 0 radical (unpaired) electrons. The fourth-order valence-corrected chi connectivity index (χ4v) is 4.40. The maximum absolute atomic E-state index is 12.7. The zero-order valence-corrected chi connectivity index (χ0v) is 19.3. The topological polar surface area (TPSA) is 114 Å². The number of benzene rings is 2. The SMILES string of the molecule is CCC(C)C(NC(=O)OCC1c2ccccc2-c2ccccc21)C(=O)NOC(C(=O)O)C1CC1. The molecule has 180 valence electrons. The molecule has 3 unspecified atom stereocenters. The molecule has 0 bridgehead atoms. The summed E-state index contributed by atoms with van der Waals surface area (Å²) in [5.41, 5.74) is 6.69. The number of amides is 2. The predicted molar refractivity (Wildman–Crippen MR) is 125 cm³/mol. The van der Waals surface area contributed by atoms with Crippen LogP contribution in [0.3, 0.4) is 0 Å². The van der Waals surface area contributed by atoms with Gasteiger partial charge in [0.05, 0.1) is 0 Å². The molecule has 4 rings (SSSR count). The molecule has 2 aromatic rings. The van der Waals surface area contributed by atoms with Crippen LogP contribution in [-0.2, 0) is 19.2 Å². The lowest BCUT2D eigenvalue weighted by molar-refractivity contribution is -0.163. The van der Waals surface area contributed by atoms with Crippen molar-refractivity contribution >= 4 is 18.0 Å². The molecule has 3 N–H and O–H groups in total. The summed E-state index contributed by atoms with van der Waals surface area (Å²) in [5.74, 6) is -2.13. The Hall–Kier alpha value is -3.39. The molecular weight excluding hydrogens is 436 g/mol. The summed E-state index contributed by atoms with van der Waals surface area (Å²) >= 11 is 0. The average molecular weight is 467 g/mol. The monoisotopic (exact) mass is 466 g/mol. The van der Waals surface area contributed by atoms with Crippen LogP contribution in [0, 0.1) is 11.8 Å². The van der Waals surface area contributed by atoms with Crippen LogP contribution in [-0.4, -0.2) is 41.8 Å². The van der Waals surface area contributed by atoms with E-state index in [1.165, 1.54) is 0 Å². The molecule has 0 heterocycles. The first-order chi connectivity index (χ1) is 16.4. The molecule has 2 aliphatic rings. The van der Waals surface area contributed by atoms with Crippen molar-refractivity contribution in [3.63, 3.8) is 0 Å². The van der Waals surface area contributed by atoms with Gasteiger partial charge in [-0.1, -0.05) is 68.8 Å². The van der Waals surface area contributed by atoms with E-state index < -0.39 is 30.1 Å². The van der Waals surface area contributed by atoms with E-state index in [4.69, 9.17) is 9.57 Å². The number of carbonyl (C=O) groups is 3. The Balaban J connectivity index is 1.38. The maximum atomic E-state index is 12.7. The maximum Gasteiger partial charge on any atom is 0.407 e. The van der Waals surface area contributed by atoms with E-state index in [0.717, 1.165) is 35.1 Å². The minimum absolute atomic E-state index is 0.0905. The van der Waals surface area contributed by atoms with Gasteiger partial charge in [-0.2, -0.15) is 0 Å². The average Bonchev–Trinajstić information content (AvgIpc) is 3.62. The lowest BCUT2D eigenvalue weighted by Gasteiger charge is -2.24. The van der Waals surface area contributed by atoms with Crippen LogP contribution in [0.25, 0.3) is 11.1 Å². The van der Waals surface area contributed by atoms with Gasteiger partial charge >= 0.3 is 12.1 Å². The summed E-state index contributed by atoms with van der Waals surface area (Å²) < 4.78 is 5.56. The van der Waals surface area contributed by atoms with E-state index in [1.807, 2.05) is 50.2 Å². The van der Waals surface area contributed by atoms with Gasteiger partial charge in [-0.15, -0.1) is 0 Å². The number of carbonyl (C=O) groups excluding carboxylic acids is 2. The molecule has 2 aliphatic carbocycles. The number of nitrogens with one attached hydrogen (secondary N) is 2. The van der Waals surface area contributed by atoms with Gasteiger partial charge in [0.15, 0.2) is 6.10 Å².